The molecule has 5 aromatic rings. The van der Waals surface area contributed by atoms with Crippen molar-refractivity contribution < 1.29 is 8.42 Å². The Hall–Kier alpha value is -4.59. The molecule has 3 heterocycles. The number of benzene rings is 2. The molecule has 38 heavy (non-hydrogen) atoms. The van der Waals surface area contributed by atoms with Crippen LogP contribution in [0.2, 0.25) is 0 Å². The van der Waals surface area contributed by atoms with Crippen LogP contribution in [0.3, 0.4) is 0 Å². The number of hydrogen-bond acceptors (Lipinski definition) is 7. The lowest BCUT2D eigenvalue weighted by Crippen LogP contribution is -2.16. The van der Waals surface area contributed by atoms with Gasteiger partial charge in [-0.15, -0.1) is 0 Å². The highest BCUT2D eigenvalue weighted by molar-refractivity contribution is 7.89. The second kappa shape index (κ2) is 9.70. The quantitative estimate of drug-likeness (QED) is 0.326. The van der Waals surface area contributed by atoms with Crippen LogP contribution in [0, 0.1) is 25.2 Å². The summed E-state index contributed by atoms with van der Waals surface area (Å²) in [6, 6.07) is 18.1. The number of sulfonamides is 1. The molecule has 1 atom stereocenters. The van der Waals surface area contributed by atoms with Crippen LogP contribution in [0.4, 0.5) is 5.69 Å². The normalized spacial score (nSPS) is 12.3. The van der Waals surface area contributed by atoms with Gasteiger partial charge in [0, 0.05) is 23.2 Å². The van der Waals surface area contributed by atoms with Crippen molar-refractivity contribution in [2.45, 2.75) is 31.7 Å². The van der Waals surface area contributed by atoms with Crippen molar-refractivity contribution in [3.63, 3.8) is 0 Å². The maximum absolute atomic E-state index is 12.1. The molecule has 0 bridgehead atoms. The molecule has 0 radical (unpaired) electrons. The highest BCUT2D eigenvalue weighted by Gasteiger charge is 2.19. The monoisotopic (exact) mass is 523 g/mol. The largest absolute Gasteiger partial charge is 0.377 e. The SMILES string of the molecule is Cc1cc([C@H](C)Nc2ccccc2S(N)(=O)=O)c2cc(-c3ccc(-n4cnc(C)c4)cn3)c(C#N)nc2c1. The number of aromatic nitrogens is 4. The topological polar surface area (TPSA) is 140 Å². The van der Waals surface area contributed by atoms with Crippen molar-refractivity contribution in [3.8, 4) is 23.0 Å². The third-order valence-electron chi connectivity index (χ3n) is 6.28. The van der Waals surface area contributed by atoms with Crippen molar-refractivity contribution in [3.05, 3.63) is 95.8 Å². The van der Waals surface area contributed by atoms with E-state index < -0.39 is 10.0 Å². The fourth-order valence-corrected chi connectivity index (χ4v) is 5.20. The van der Waals surface area contributed by atoms with E-state index in [9.17, 15) is 13.7 Å². The molecule has 0 aliphatic rings. The third-order valence-corrected chi connectivity index (χ3v) is 7.25. The first kappa shape index (κ1) is 25.1. The molecule has 0 saturated heterocycles. The van der Waals surface area contributed by atoms with Gasteiger partial charge in [0.05, 0.1) is 40.8 Å². The van der Waals surface area contributed by atoms with E-state index in [4.69, 9.17) is 5.14 Å². The Morgan fingerprint density at radius 2 is 1.87 bits per heavy atom. The summed E-state index contributed by atoms with van der Waals surface area (Å²) < 4.78 is 26.1. The van der Waals surface area contributed by atoms with Gasteiger partial charge < -0.3 is 9.88 Å². The van der Waals surface area contributed by atoms with Crippen molar-refractivity contribution in [2.75, 3.05) is 5.32 Å². The van der Waals surface area contributed by atoms with Gasteiger partial charge in [0.25, 0.3) is 0 Å². The molecule has 0 unspecified atom stereocenters. The number of nitrogens with zero attached hydrogens (tertiary/aromatic N) is 5. The van der Waals surface area contributed by atoms with Crippen molar-refractivity contribution >= 4 is 26.6 Å². The number of nitriles is 1. The summed E-state index contributed by atoms with van der Waals surface area (Å²) in [7, 11) is -3.91. The number of rotatable bonds is 6. The molecule has 0 fully saturated rings. The zero-order valence-electron chi connectivity index (χ0n) is 21.0. The van der Waals surface area contributed by atoms with E-state index in [1.807, 2.05) is 61.9 Å². The summed E-state index contributed by atoms with van der Waals surface area (Å²) in [4.78, 5) is 13.5. The molecule has 0 saturated carbocycles. The Morgan fingerprint density at radius 1 is 1.08 bits per heavy atom. The highest BCUT2D eigenvalue weighted by Crippen LogP contribution is 2.33. The molecule has 190 valence electrons. The number of imidazole rings is 1. The highest BCUT2D eigenvalue weighted by atomic mass is 32.2. The number of nitrogens with two attached hydrogens (primary N) is 1. The van der Waals surface area contributed by atoms with Crippen LogP contribution in [0.5, 0.6) is 0 Å². The van der Waals surface area contributed by atoms with E-state index >= 15 is 0 Å². The molecule has 0 spiro atoms. The van der Waals surface area contributed by atoms with E-state index in [0.29, 0.717) is 22.5 Å². The number of pyridine rings is 2. The second-order valence-electron chi connectivity index (χ2n) is 9.15. The van der Waals surface area contributed by atoms with Crippen LogP contribution in [0.1, 0.15) is 35.5 Å². The standard InChI is InChI=1S/C28H25N7O2S/c1-17-10-21(19(3)33-25-6-4-5-7-28(25)38(30,36)37)22-12-23(27(13-29)34-26(22)11-17)24-9-8-20(14-31-24)35-15-18(2)32-16-35/h4-12,14-16,19,33H,1-3H3,(H2,30,36,37)/t19-/m0/s1. The number of fused-ring (bicyclic) bond motifs is 1. The van der Waals surface area contributed by atoms with Crippen LogP contribution < -0.4 is 10.5 Å². The van der Waals surface area contributed by atoms with Gasteiger partial charge in [0.15, 0.2) is 5.69 Å². The van der Waals surface area contributed by atoms with Gasteiger partial charge in [-0.3, -0.25) is 4.98 Å². The molecule has 0 aliphatic heterocycles. The molecule has 3 N–H and O–H groups in total. The number of hydrogen-bond donors (Lipinski definition) is 2. The minimum Gasteiger partial charge on any atom is -0.377 e. The lowest BCUT2D eigenvalue weighted by molar-refractivity contribution is 0.598. The van der Waals surface area contributed by atoms with E-state index in [-0.39, 0.29) is 16.6 Å². The molecule has 3 aromatic heterocycles. The first-order chi connectivity index (χ1) is 18.1. The molecule has 0 aliphatic carbocycles. The van der Waals surface area contributed by atoms with Gasteiger partial charge in [-0.1, -0.05) is 18.2 Å². The Balaban J connectivity index is 1.59. The summed E-state index contributed by atoms with van der Waals surface area (Å²) in [5, 5.41) is 19.4. The Kier molecular flexibility index (Phi) is 6.40. The lowest BCUT2D eigenvalue weighted by Gasteiger charge is -2.20. The molecule has 2 aromatic carbocycles. The summed E-state index contributed by atoms with van der Waals surface area (Å²) in [5.41, 5.74) is 6.18. The van der Waals surface area contributed by atoms with E-state index in [1.54, 1.807) is 30.7 Å². The van der Waals surface area contributed by atoms with Crippen LogP contribution >= 0.6 is 0 Å². The molecule has 5 rings (SSSR count). The fourth-order valence-electron chi connectivity index (χ4n) is 4.49. The minimum atomic E-state index is -3.91. The van der Waals surface area contributed by atoms with Crippen LogP contribution in [0.15, 0.2) is 78.2 Å². The number of anilines is 1. The molecular formula is C28H25N7O2S. The minimum absolute atomic E-state index is 0.0202. The van der Waals surface area contributed by atoms with Gasteiger partial charge in [0.1, 0.15) is 11.0 Å². The van der Waals surface area contributed by atoms with Gasteiger partial charge in [-0.2, -0.15) is 5.26 Å². The Bertz CT molecular complexity index is 1820. The fraction of sp³-hybridized carbons (Fsp3) is 0.143. The van der Waals surface area contributed by atoms with Crippen molar-refractivity contribution in [1.82, 2.24) is 19.5 Å². The summed E-state index contributed by atoms with van der Waals surface area (Å²) >= 11 is 0. The predicted octanol–water partition coefficient (Wildman–Crippen LogP) is 4.79. The maximum atomic E-state index is 12.1. The average molecular weight is 524 g/mol. The Labute approximate surface area is 220 Å². The number of nitrogens with one attached hydrogen (secondary N) is 1. The van der Waals surface area contributed by atoms with Gasteiger partial charge in [0.2, 0.25) is 10.0 Å². The first-order valence-electron chi connectivity index (χ1n) is 11.8. The van der Waals surface area contributed by atoms with Crippen molar-refractivity contribution in [1.29, 1.82) is 5.26 Å². The molecule has 0 amide bonds. The summed E-state index contributed by atoms with van der Waals surface area (Å²) in [5.74, 6) is 0. The smallest absolute Gasteiger partial charge is 0.240 e. The van der Waals surface area contributed by atoms with E-state index in [0.717, 1.165) is 27.9 Å². The summed E-state index contributed by atoms with van der Waals surface area (Å²) in [6.07, 6.45) is 5.36. The molecule has 10 heteroatoms. The maximum Gasteiger partial charge on any atom is 0.240 e. The lowest BCUT2D eigenvalue weighted by atomic mass is 9.96. The second-order valence-corrected chi connectivity index (χ2v) is 10.7. The number of primary sulfonamides is 1. The van der Waals surface area contributed by atoms with Crippen LogP contribution in [-0.4, -0.2) is 27.9 Å². The number of aryl methyl sites for hydroxylation is 2. The van der Waals surface area contributed by atoms with E-state index in [2.05, 4.69) is 26.3 Å². The van der Waals surface area contributed by atoms with Crippen LogP contribution in [-0.2, 0) is 10.0 Å². The van der Waals surface area contributed by atoms with Crippen molar-refractivity contribution in [2.24, 2.45) is 5.14 Å². The Morgan fingerprint density at radius 3 is 2.53 bits per heavy atom. The van der Waals surface area contributed by atoms with Crippen LogP contribution in [0.25, 0.3) is 27.8 Å². The third kappa shape index (κ3) is 4.85. The molecular weight excluding hydrogens is 498 g/mol. The summed E-state index contributed by atoms with van der Waals surface area (Å²) in [6.45, 7) is 5.81. The van der Waals surface area contributed by atoms with E-state index in [1.165, 1.54) is 6.07 Å². The predicted molar refractivity (Wildman–Crippen MR) is 146 cm³/mol. The zero-order valence-corrected chi connectivity index (χ0v) is 21.9. The van der Waals surface area contributed by atoms with Gasteiger partial charge in [-0.05, 0) is 68.3 Å². The first-order valence-corrected chi connectivity index (χ1v) is 13.4. The molecule has 9 nitrogen and oxygen atoms in total. The average Bonchev–Trinajstić information content (AvgIpc) is 3.33. The van der Waals surface area contributed by atoms with Gasteiger partial charge >= 0.3 is 0 Å². The number of para-hydroxylation sites is 1. The zero-order chi connectivity index (χ0) is 27.0. The van der Waals surface area contributed by atoms with Gasteiger partial charge in [-0.25, -0.2) is 23.5 Å².